The third-order valence-corrected chi connectivity index (χ3v) is 3.97. The zero-order valence-electron chi connectivity index (χ0n) is 13.0. The van der Waals surface area contributed by atoms with Crippen LogP contribution in [0, 0.1) is 0 Å². The van der Waals surface area contributed by atoms with Gasteiger partial charge in [-0.3, -0.25) is 0 Å². The zero-order valence-corrected chi connectivity index (χ0v) is 13.0. The molecular weight excluding hydrogens is 252 g/mol. The summed E-state index contributed by atoms with van der Waals surface area (Å²) in [5.74, 6) is 2.20. The van der Waals surface area contributed by atoms with Crippen LogP contribution >= 0.6 is 0 Å². The molecule has 0 N–H and O–H groups in total. The summed E-state index contributed by atoms with van der Waals surface area (Å²) in [6, 6.07) is 6.31. The molecule has 1 fully saturated rings. The van der Waals surface area contributed by atoms with Gasteiger partial charge >= 0.3 is 0 Å². The fourth-order valence-electron chi connectivity index (χ4n) is 2.57. The summed E-state index contributed by atoms with van der Waals surface area (Å²) in [6.07, 6.45) is 4.07. The summed E-state index contributed by atoms with van der Waals surface area (Å²) < 4.78 is 16.7. The van der Waals surface area contributed by atoms with E-state index in [1.165, 1.54) is 5.56 Å². The summed E-state index contributed by atoms with van der Waals surface area (Å²) in [5.41, 5.74) is 1.32. The lowest BCUT2D eigenvalue weighted by atomic mass is 9.91. The van der Waals surface area contributed by atoms with E-state index in [1.54, 1.807) is 7.11 Å². The van der Waals surface area contributed by atoms with Crippen LogP contribution in [0.25, 0.3) is 0 Å². The molecule has 1 heterocycles. The Hall–Kier alpha value is -1.22. The number of ether oxygens (including phenoxy) is 3. The first-order valence-electron chi connectivity index (χ1n) is 7.65. The highest BCUT2D eigenvalue weighted by Crippen LogP contribution is 2.37. The minimum atomic E-state index is 0.429. The number of methoxy groups -OCH3 is 1. The summed E-state index contributed by atoms with van der Waals surface area (Å²) in [6.45, 7) is 7.19. The second kappa shape index (κ2) is 6.98. The van der Waals surface area contributed by atoms with E-state index in [4.69, 9.17) is 14.2 Å². The van der Waals surface area contributed by atoms with Gasteiger partial charge in [-0.15, -0.1) is 0 Å². The third-order valence-electron chi connectivity index (χ3n) is 3.97. The Bertz CT molecular complexity index is 430. The van der Waals surface area contributed by atoms with Crippen LogP contribution in [-0.4, -0.2) is 25.9 Å². The van der Waals surface area contributed by atoms with Crippen LogP contribution in [0.3, 0.4) is 0 Å². The Kier molecular flexibility index (Phi) is 5.30. The lowest BCUT2D eigenvalue weighted by Gasteiger charge is -2.17. The van der Waals surface area contributed by atoms with Gasteiger partial charge in [0, 0.05) is 0 Å². The van der Waals surface area contributed by atoms with Crippen LogP contribution in [0.2, 0.25) is 0 Å². The largest absolute Gasteiger partial charge is 0.493 e. The molecule has 2 rings (SSSR count). The number of hydrogen-bond donors (Lipinski definition) is 0. The highest BCUT2D eigenvalue weighted by Gasteiger charge is 2.36. The van der Waals surface area contributed by atoms with Crippen molar-refractivity contribution in [1.82, 2.24) is 0 Å². The van der Waals surface area contributed by atoms with Crippen molar-refractivity contribution in [2.75, 3.05) is 13.7 Å². The van der Waals surface area contributed by atoms with Crippen LogP contribution in [-0.2, 0) is 4.74 Å². The lowest BCUT2D eigenvalue weighted by Crippen LogP contribution is -2.04. The Labute approximate surface area is 122 Å². The minimum Gasteiger partial charge on any atom is -0.493 e. The van der Waals surface area contributed by atoms with Gasteiger partial charge in [0.05, 0.1) is 25.9 Å². The average Bonchev–Trinajstić information content (AvgIpc) is 3.17. The van der Waals surface area contributed by atoms with Gasteiger partial charge < -0.3 is 14.2 Å². The fraction of sp³-hybridized carbons (Fsp3) is 0.647. The Morgan fingerprint density at radius 3 is 2.55 bits per heavy atom. The molecule has 3 unspecified atom stereocenters. The zero-order chi connectivity index (χ0) is 14.5. The van der Waals surface area contributed by atoms with Crippen LogP contribution < -0.4 is 9.47 Å². The molecule has 20 heavy (non-hydrogen) atoms. The highest BCUT2D eigenvalue weighted by atomic mass is 16.6. The molecule has 3 atom stereocenters. The molecule has 0 radical (unpaired) electrons. The van der Waals surface area contributed by atoms with E-state index >= 15 is 0 Å². The van der Waals surface area contributed by atoms with Crippen LogP contribution in [0.1, 0.15) is 51.5 Å². The molecular formula is C17H26O3. The third kappa shape index (κ3) is 3.66. The predicted octanol–water partition coefficient (Wildman–Crippen LogP) is 4.16. The van der Waals surface area contributed by atoms with Gasteiger partial charge in [0.2, 0.25) is 0 Å². The van der Waals surface area contributed by atoms with Crippen molar-refractivity contribution in [3.8, 4) is 11.5 Å². The summed E-state index contributed by atoms with van der Waals surface area (Å²) in [7, 11) is 1.70. The Morgan fingerprint density at radius 1 is 1.25 bits per heavy atom. The lowest BCUT2D eigenvalue weighted by molar-refractivity contribution is 0.294. The maximum absolute atomic E-state index is 5.71. The molecule has 3 heteroatoms. The number of benzene rings is 1. The summed E-state index contributed by atoms with van der Waals surface area (Å²) >= 11 is 0. The molecule has 1 aromatic rings. The van der Waals surface area contributed by atoms with Gasteiger partial charge in [-0.25, -0.2) is 0 Å². The maximum atomic E-state index is 5.71. The van der Waals surface area contributed by atoms with E-state index in [-0.39, 0.29) is 0 Å². The molecule has 1 aliphatic heterocycles. The van der Waals surface area contributed by atoms with Crippen molar-refractivity contribution < 1.29 is 14.2 Å². The van der Waals surface area contributed by atoms with Crippen molar-refractivity contribution in [2.24, 2.45) is 0 Å². The van der Waals surface area contributed by atoms with E-state index in [9.17, 15) is 0 Å². The highest BCUT2D eigenvalue weighted by molar-refractivity contribution is 5.44. The van der Waals surface area contributed by atoms with Crippen molar-refractivity contribution in [3.63, 3.8) is 0 Å². The van der Waals surface area contributed by atoms with Crippen molar-refractivity contribution >= 4 is 0 Å². The molecule has 1 aromatic carbocycles. The summed E-state index contributed by atoms with van der Waals surface area (Å²) in [5, 5.41) is 0. The molecule has 0 aliphatic carbocycles. The minimum absolute atomic E-state index is 0.429. The smallest absolute Gasteiger partial charge is 0.161 e. The first-order chi connectivity index (χ1) is 9.69. The molecule has 0 saturated carbocycles. The number of epoxide rings is 1. The second-order valence-corrected chi connectivity index (χ2v) is 5.48. The van der Waals surface area contributed by atoms with Gasteiger partial charge in [-0.05, 0) is 49.8 Å². The van der Waals surface area contributed by atoms with Gasteiger partial charge in [-0.1, -0.05) is 19.9 Å². The van der Waals surface area contributed by atoms with Gasteiger partial charge in [-0.2, -0.15) is 0 Å². The molecule has 1 saturated heterocycles. The quantitative estimate of drug-likeness (QED) is 0.669. The Balaban J connectivity index is 2.09. The van der Waals surface area contributed by atoms with Crippen LogP contribution in [0.4, 0.5) is 0 Å². The van der Waals surface area contributed by atoms with E-state index < -0.39 is 0 Å². The molecule has 0 spiro atoms. The van der Waals surface area contributed by atoms with Crippen molar-refractivity contribution in [3.05, 3.63) is 23.8 Å². The van der Waals surface area contributed by atoms with E-state index in [2.05, 4.69) is 32.9 Å². The number of hydrogen-bond acceptors (Lipinski definition) is 3. The normalized spacial score (nSPS) is 22.4. The Morgan fingerprint density at radius 2 is 2.00 bits per heavy atom. The van der Waals surface area contributed by atoms with E-state index in [0.717, 1.165) is 37.4 Å². The average molecular weight is 278 g/mol. The molecule has 3 nitrogen and oxygen atoms in total. The molecule has 0 aromatic heterocycles. The monoisotopic (exact) mass is 278 g/mol. The van der Waals surface area contributed by atoms with Gasteiger partial charge in [0.25, 0.3) is 0 Å². The molecule has 112 valence electrons. The molecule has 0 bridgehead atoms. The van der Waals surface area contributed by atoms with Gasteiger partial charge in [0.15, 0.2) is 11.5 Å². The van der Waals surface area contributed by atoms with Crippen LogP contribution in [0.5, 0.6) is 11.5 Å². The fourth-order valence-corrected chi connectivity index (χ4v) is 2.57. The first kappa shape index (κ1) is 15.2. The summed E-state index contributed by atoms with van der Waals surface area (Å²) in [4.78, 5) is 0. The molecule has 1 aliphatic rings. The van der Waals surface area contributed by atoms with E-state index in [1.807, 2.05) is 6.07 Å². The first-order valence-corrected chi connectivity index (χ1v) is 7.65. The topological polar surface area (TPSA) is 31.0 Å². The maximum Gasteiger partial charge on any atom is 0.161 e. The molecule has 0 amide bonds. The van der Waals surface area contributed by atoms with Gasteiger partial charge in [0.1, 0.15) is 0 Å². The SMILES string of the molecule is CCCOc1ccc(C(CC)CC2OC2C)cc1OC. The number of rotatable bonds is 8. The predicted molar refractivity (Wildman–Crippen MR) is 80.8 cm³/mol. The van der Waals surface area contributed by atoms with Crippen LogP contribution in [0.15, 0.2) is 18.2 Å². The standard InChI is InChI=1S/C17H26O3/c1-5-9-19-15-8-7-14(11-17(15)18-4)13(6-2)10-16-12(3)20-16/h7-8,11-13,16H,5-6,9-10H2,1-4H3. The van der Waals surface area contributed by atoms with Crippen molar-refractivity contribution in [2.45, 2.75) is 58.2 Å². The second-order valence-electron chi connectivity index (χ2n) is 5.48. The van der Waals surface area contributed by atoms with Crippen molar-refractivity contribution in [1.29, 1.82) is 0 Å². The van der Waals surface area contributed by atoms with E-state index in [0.29, 0.717) is 18.1 Å².